The molecule has 0 spiro atoms. The number of carbonyl (C=O) groups is 2. The Bertz CT molecular complexity index is 1100. The van der Waals surface area contributed by atoms with E-state index in [-0.39, 0.29) is 11.1 Å². The third-order valence-electron chi connectivity index (χ3n) is 3.74. The Morgan fingerprint density at radius 1 is 0.968 bits per heavy atom. The molecule has 0 radical (unpaired) electrons. The van der Waals surface area contributed by atoms with Gasteiger partial charge >= 0.3 is 11.9 Å². The number of benzene rings is 1. The summed E-state index contributed by atoms with van der Waals surface area (Å²) >= 11 is 6.35. The van der Waals surface area contributed by atoms with Gasteiger partial charge < -0.3 is 19.2 Å². The number of hydrogen-bond acceptors (Lipinski definition) is 7. The summed E-state index contributed by atoms with van der Waals surface area (Å²) in [7, 11) is 2.59. The highest BCUT2D eigenvalue weighted by atomic mass is 79.9. The Labute approximate surface area is 194 Å². The first-order valence-corrected chi connectivity index (χ1v) is 10.3. The van der Waals surface area contributed by atoms with Gasteiger partial charge in [0.2, 0.25) is 11.4 Å². The van der Waals surface area contributed by atoms with Crippen molar-refractivity contribution in [2.45, 2.75) is 6.61 Å². The molecule has 0 atom stereocenters. The maximum Gasteiger partial charge on any atom is 0.339 e. The lowest BCUT2D eigenvalue weighted by molar-refractivity contribution is 0.0590. The highest BCUT2D eigenvalue weighted by Gasteiger charge is 2.12. The molecule has 0 unspecified atom stereocenters. The molecule has 3 aromatic rings. The number of rotatable bonds is 5. The molecule has 31 heavy (non-hydrogen) atoms. The third kappa shape index (κ3) is 7.34. The van der Waals surface area contributed by atoms with Gasteiger partial charge in [0.1, 0.15) is 6.61 Å². The zero-order valence-electron chi connectivity index (χ0n) is 16.6. The predicted molar refractivity (Wildman–Crippen MR) is 120 cm³/mol. The van der Waals surface area contributed by atoms with Gasteiger partial charge in [-0.25, -0.2) is 14.6 Å². The number of halogens is 2. The number of hydrogen-bond donors (Lipinski definition) is 1. The molecular weight excluding hydrogens is 536 g/mol. The monoisotopic (exact) mass is 552 g/mol. The molecule has 8 nitrogen and oxygen atoms in total. The fourth-order valence-electron chi connectivity index (χ4n) is 2.22. The first-order valence-electron chi connectivity index (χ1n) is 8.72. The van der Waals surface area contributed by atoms with E-state index in [2.05, 4.69) is 51.3 Å². The van der Waals surface area contributed by atoms with Crippen molar-refractivity contribution in [3.8, 4) is 5.88 Å². The molecule has 2 heterocycles. The van der Waals surface area contributed by atoms with Crippen molar-refractivity contribution >= 4 is 43.8 Å². The van der Waals surface area contributed by atoms with E-state index in [1.54, 1.807) is 6.07 Å². The first-order chi connectivity index (χ1) is 14.8. The summed E-state index contributed by atoms with van der Waals surface area (Å²) in [5.41, 5.74) is 1.31. The van der Waals surface area contributed by atoms with Crippen LogP contribution >= 0.6 is 31.9 Å². The van der Waals surface area contributed by atoms with Gasteiger partial charge in [0.15, 0.2) is 0 Å². The largest absolute Gasteiger partial charge is 0.473 e. The molecule has 0 amide bonds. The fourth-order valence-corrected chi connectivity index (χ4v) is 2.99. The smallest absolute Gasteiger partial charge is 0.339 e. The van der Waals surface area contributed by atoms with Crippen LogP contribution in [0.2, 0.25) is 0 Å². The molecule has 0 bridgehead atoms. The van der Waals surface area contributed by atoms with Crippen molar-refractivity contribution in [3.05, 3.63) is 90.8 Å². The van der Waals surface area contributed by atoms with E-state index in [9.17, 15) is 14.4 Å². The van der Waals surface area contributed by atoms with Gasteiger partial charge in [-0.05, 0) is 37.4 Å². The number of esters is 2. The molecule has 0 aliphatic rings. The van der Waals surface area contributed by atoms with E-state index in [0.29, 0.717) is 27.0 Å². The minimum absolute atomic E-state index is 0.223. The van der Waals surface area contributed by atoms with Gasteiger partial charge in [-0.1, -0.05) is 30.3 Å². The molecule has 1 aromatic carbocycles. The second kappa shape index (κ2) is 12.0. The van der Waals surface area contributed by atoms with Crippen LogP contribution in [-0.2, 0) is 16.1 Å². The van der Waals surface area contributed by atoms with Crippen LogP contribution < -0.4 is 10.3 Å². The van der Waals surface area contributed by atoms with Gasteiger partial charge in [0.25, 0.3) is 0 Å². The lowest BCUT2D eigenvalue weighted by Gasteiger charge is -2.07. The number of ether oxygens (including phenoxy) is 3. The number of pyridine rings is 2. The quantitative estimate of drug-likeness (QED) is 0.473. The molecular formula is C21H18Br2N2O6. The average Bonchev–Trinajstić information content (AvgIpc) is 2.80. The van der Waals surface area contributed by atoms with Crippen molar-refractivity contribution in [3.63, 3.8) is 0 Å². The number of nitrogens with zero attached hydrogens (tertiary/aromatic N) is 1. The van der Waals surface area contributed by atoms with Crippen LogP contribution in [0.3, 0.4) is 0 Å². The van der Waals surface area contributed by atoms with Crippen molar-refractivity contribution in [2.24, 2.45) is 0 Å². The van der Waals surface area contributed by atoms with Crippen LogP contribution in [0, 0.1) is 0 Å². The summed E-state index contributed by atoms with van der Waals surface area (Å²) in [5.74, 6) is -0.584. The predicted octanol–water partition coefficient (Wildman–Crippen LogP) is 4.13. The van der Waals surface area contributed by atoms with Crippen LogP contribution in [0.5, 0.6) is 5.88 Å². The second-order valence-corrected chi connectivity index (χ2v) is 7.53. The number of nitrogens with one attached hydrogen (secondary N) is 1. The maximum atomic E-state index is 11.5. The van der Waals surface area contributed by atoms with Gasteiger partial charge in [-0.3, -0.25) is 4.79 Å². The van der Waals surface area contributed by atoms with Crippen LogP contribution in [0.25, 0.3) is 0 Å². The zero-order valence-corrected chi connectivity index (χ0v) is 19.7. The minimum Gasteiger partial charge on any atom is -0.473 e. The number of aromatic nitrogens is 2. The van der Waals surface area contributed by atoms with E-state index >= 15 is 0 Å². The summed E-state index contributed by atoms with van der Waals surface area (Å²) < 4.78 is 15.8. The maximum absolute atomic E-state index is 11.5. The van der Waals surface area contributed by atoms with E-state index in [4.69, 9.17) is 4.74 Å². The summed E-state index contributed by atoms with van der Waals surface area (Å²) in [4.78, 5) is 39.8. The number of methoxy groups -OCH3 is 2. The summed E-state index contributed by atoms with van der Waals surface area (Å²) in [5, 5.41) is 0. The zero-order chi connectivity index (χ0) is 22.8. The molecule has 2 aromatic heterocycles. The van der Waals surface area contributed by atoms with Crippen LogP contribution in [0.4, 0.5) is 0 Å². The van der Waals surface area contributed by atoms with Crippen molar-refractivity contribution in [1.29, 1.82) is 0 Å². The fraction of sp³-hybridized carbons (Fsp3) is 0.143. The summed E-state index contributed by atoms with van der Waals surface area (Å²) in [6, 6.07) is 12.5. The number of aromatic amines is 1. The molecule has 1 N–H and O–H groups in total. The standard InChI is InChI=1S/C14H12BrNO3.C7H6BrNO3/c1-18-14(17)11-7-13(16-8-12(11)15)19-9-10-5-3-2-4-6-10;1-12-7(11)4-2-6(10)9-3-5(4)8/h2-8H,9H2,1H3;2-3H,1H3,(H,9,10). The summed E-state index contributed by atoms with van der Waals surface area (Å²) in [6.07, 6.45) is 2.92. The Morgan fingerprint density at radius 2 is 1.58 bits per heavy atom. The molecule has 0 saturated carbocycles. The Balaban J connectivity index is 0.000000245. The van der Waals surface area contributed by atoms with Crippen molar-refractivity contribution in [2.75, 3.05) is 14.2 Å². The van der Waals surface area contributed by atoms with E-state index < -0.39 is 11.9 Å². The molecule has 162 valence electrons. The molecule has 10 heteroatoms. The lowest BCUT2D eigenvalue weighted by Crippen LogP contribution is -2.10. The molecule has 3 rings (SSSR count). The minimum atomic E-state index is -0.534. The average molecular weight is 554 g/mol. The Hall–Kier alpha value is -2.98. The number of carbonyl (C=O) groups excluding carboxylic acids is 2. The first kappa shape index (κ1) is 24.3. The van der Waals surface area contributed by atoms with Crippen molar-refractivity contribution < 1.29 is 23.8 Å². The van der Waals surface area contributed by atoms with E-state index in [0.717, 1.165) is 5.56 Å². The third-order valence-corrected chi connectivity index (χ3v) is 5.03. The lowest BCUT2D eigenvalue weighted by atomic mass is 10.2. The topological polar surface area (TPSA) is 108 Å². The molecule has 0 fully saturated rings. The SMILES string of the molecule is COC(=O)c1cc(=O)[nH]cc1Br.COC(=O)c1cc(OCc2ccccc2)ncc1Br. The van der Waals surface area contributed by atoms with Gasteiger partial charge in [-0.15, -0.1) is 0 Å². The molecule has 0 aliphatic carbocycles. The Morgan fingerprint density at radius 3 is 2.19 bits per heavy atom. The van der Waals surface area contributed by atoms with Crippen LogP contribution in [0.1, 0.15) is 26.3 Å². The normalized spacial score (nSPS) is 9.81. The number of H-pyrrole nitrogens is 1. The summed E-state index contributed by atoms with van der Waals surface area (Å²) in [6.45, 7) is 0.399. The van der Waals surface area contributed by atoms with Crippen LogP contribution in [-0.4, -0.2) is 36.1 Å². The highest BCUT2D eigenvalue weighted by molar-refractivity contribution is 9.10. The van der Waals surface area contributed by atoms with Gasteiger partial charge in [-0.2, -0.15) is 0 Å². The second-order valence-electron chi connectivity index (χ2n) is 5.82. The van der Waals surface area contributed by atoms with Gasteiger partial charge in [0.05, 0.1) is 29.8 Å². The highest BCUT2D eigenvalue weighted by Crippen LogP contribution is 2.21. The Kier molecular flexibility index (Phi) is 9.41. The van der Waals surface area contributed by atoms with Crippen LogP contribution in [0.15, 0.2) is 68.6 Å². The van der Waals surface area contributed by atoms with E-state index in [1.165, 1.54) is 32.7 Å². The van der Waals surface area contributed by atoms with Gasteiger partial charge in [0, 0.05) is 29.0 Å². The molecule has 0 aliphatic heterocycles. The molecule has 0 saturated heterocycles. The van der Waals surface area contributed by atoms with E-state index in [1.807, 2.05) is 30.3 Å². The van der Waals surface area contributed by atoms with Crippen molar-refractivity contribution in [1.82, 2.24) is 9.97 Å².